The van der Waals surface area contributed by atoms with Crippen molar-refractivity contribution >= 4 is 17.2 Å². The van der Waals surface area contributed by atoms with Gasteiger partial charge in [-0.05, 0) is 6.92 Å². The fourth-order valence-corrected chi connectivity index (χ4v) is 2.64. The summed E-state index contributed by atoms with van der Waals surface area (Å²) in [5.41, 5.74) is 2.22. The van der Waals surface area contributed by atoms with E-state index in [-0.39, 0.29) is 5.41 Å². The molecule has 2 aromatic rings. The van der Waals surface area contributed by atoms with Gasteiger partial charge >= 0.3 is 0 Å². The maximum absolute atomic E-state index is 4.67. The first kappa shape index (κ1) is 13.9. The van der Waals surface area contributed by atoms with Crippen LogP contribution < -0.4 is 5.32 Å². The van der Waals surface area contributed by atoms with Gasteiger partial charge in [0.1, 0.15) is 5.82 Å². The maximum Gasteiger partial charge on any atom is 0.144 e. The zero-order valence-electron chi connectivity index (χ0n) is 11.9. The van der Waals surface area contributed by atoms with Crippen molar-refractivity contribution in [3.05, 3.63) is 34.2 Å². The Morgan fingerprint density at radius 1 is 1.21 bits per heavy atom. The second kappa shape index (κ2) is 5.65. The summed E-state index contributed by atoms with van der Waals surface area (Å²) < 4.78 is 0. The third-order valence-electron chi connectivity index (χ3n) is 2.72. The van der Waals surface area contributed by atoms with Crippen molar-refractivity contribution in [1.29, 1.82) is 0 Å². The summed E-state index contributed by atoms with van der Waals surface area (Å²) in [6.45, 7) is 9.33. The van der Waals surface area contributed by atoms with Gasteiger partial charge in [0.25, 0.3) is 0 Å². The predicted octanol–water partition coefficient (Wildman–Crippen LogP) is 3.19. The van der Waals surface area contributed by atoms with Gasteiger partial charge in [0.15, 0.2) is 0 Å². The molecule has 1 N–H and O–H groups in total. The van der Waals surface area contributed by atoms with Crippen LogP contribution in [0.2, 0.25) is 0 Å². The van der Waals surface area contributed by atoms with Crippen molar-refractivity contribution < 1.29 is 0 Å². The van der Waals surface area contributed by atoms with Crippen LogP contribution in [-0.2, 0) is 11.8 Å². The summed E-state index contributed by atoms with van der Waals surface area (Å²) in [6.07, 6.45) is 4.41. The SMILES string of the molecule is Cc1cncc(NCCc2nc(C(C)(C)C)cs2)n1. The zero-order chi connectivity index (χ0) is 13.9. The van der Waals surface area contributed by atoms with Gasteiger partial charge in [0, 0.05) is 30.0 Å². The van der Waals surface area contributed by atoms with Crippen LogP contribution in [0.3, 0.4) is 0 Å². The molecule has 0 saturated carbocycles. The number of anilines is 1. The Balaban J connectivity index is 1.88. The molecule has 2 rings (SSSR count). The lowest BCUT2D eigenvalue weighted by Gasteiger charge is -2.14. The Bertz CT molecular complexity index is 542. The number of rotatable bonds is 4. The molecule has 0 aliphatic carbocycles. The minimum atomic E-state index is 0.129. The zero-order valence-corrected chi connectivity index (χ0v) is 12.7. The van der Waals surface area contributed by atoms with Crippen molar-refractivity contribution in [2.45, 2.75) is 39.5 Å². The first-order valence-corrected chi connectivity index (χ1v) is 7.30. The molecule has 0 aromatic carbocycles. The van der Waals surface area contributed by atoms with Crippen molar-refractivity contribution in [2.75, 3.05) is 11.9 Å². The lowest BCUT2D eigenvalue weighted by Crippen LogP contribution is -2.12. The number of hydrogen-bond acceptors (Lipinski definition) is 5. The molecule has 0 radical (unpaired) electrons. The van der Waals surface area contributed by atoms with Gasteiger partial charge in [0.2, 0.25) is 0 Å². The predicted molar refractivity (Wildman–Crippen MR) is 79.8 cm³/mol. The van der Waals surface area contributed by atoms with E-state index in [9.17, 15) is 0 Å². The average Bonchev–Trinajstić information content (AvgIpc) is 2.77. The quantitative estimate of drug-likeness (QED) is 0.931. The van der Waals surface area contributed by atoms with Gasteiger partial charge in [0.05, 0.1) is 22.6 Å². The van der Waals surface area contributed by atoms with Crippen LogP contribution in [0, 0.1) is 6.92 Å². The van der Waals surface area contributed by atoms with Crippen LogP contribution in [0.4, 0.5) is 5.82 Å². The van der Waals surface area contributed by atoms with E-state index in [1.165, 1.54) is 5.69 Å². The minimum absolute atomic E-state index is 0.129. The normalized spacial score (nSPS) is 11.6. The van der Waals surface area contributed by atoms with E-state index in [0.29, 0.717) is 0 Å². The molecule has 2 heterocycles. The molecular formula is C14H20N4S. The molecule has 4 nitrogen and oxygen atoms in total. The van der Waals surface area contributed by atoms with E-state index in [2.05, 4.69) is 46.4 Å². The third-order valence-corrected chi connectivity index (χ3v) is 3.63. The highest BCUT2D eigenvalue weighted by molar-refractivity contribution is 7.09. The lowest BCUT2D eigenvalue weighted by molar-refractivity contribution is 0.571. The van der Waals surface area contributed by atoms with E-state index < -0.39 is 0 Å². The fraction of sp³-hybridized carbons (Fsp3) is 0.500. The summed E-state index contributed by atoms with van der Waals surface area (Å²) in [5, 5.41) is 6.59. The monoisotopic (exact) mass is 276 g/mol. The highest BCUT2D eigenvalue weighted by Crippen LogP contribution is 2.23. The highest BCUT2D eigenvalue weighted by Gasteiger charge is 2.17. The molecule has 0 fully saturated rings. The Morgan fingerprint density at radius 3 is 2.63 bits per heavy atom. The molecule has 5 heteroatoms. The summed E-state index contributed by atoms with van der Waals surface area (Å²) in [6, 6.07) is 0. The summed E-state index contributed by atoms with van der Waals surface area (Å²) >= 11 is 1.73. The largest absolute Gasteiger partial charge is 0.368 e. The van der Waals surface area contributed by atoms with Gasteiger partial charge in [-0.15, -0.1) is 11.3 Å². The summed E-state index contributed by atoms with van der Waals surface area (Å²) in [7, 11) is 0. The minimum Gasteiger partial charge on any atom is -0.368 e. The molecule has 0 atom stereocenters. The van der Waals surface area contributed by atoms with E-state index in [4.69, 9.17) is 0 Å². The van der Waals surface area contributed by atoms with E-state index >= 15 is 0 Å². The second-order valence-electron chi connectivity index (χ2n) is 5.60. The molecule has 0 aliphatic rings. The van der Waals surface area contributed by atoms with Crippen LogP contribution in [-0.4, -0.2) is 21.5 Å². The number of thiazole rings is 1. The standard InChI is InChI=1S/C14H20N4S/c1-10-7-15-8-12(17-10)16-6-5-13-18-11(9-19-13)14(2,3)4/h7-9H,5-6H2,1-4H3,(H,16,17). The lowest BCUT2D eigenvalue weighted by atomic mass is 9.93. The molecule has 0 aliphatic heterocycles. The van der Waals surface area contributed by atoms with Crippen LogP contribution in [0.25, 0.3) is 0 Å². The molecule has 102 valence electrons. The summed E-state index contributed by atoms with van der Waals surface area (Å²) in [5.74, 6) is 0.826. The van der Waals surface area contributed by atoms with Crippen LogP contribution in [0.15, 0.2) is 17.8 Å². The van der Waals surface area contributed by atoms with Crippen LogP contribution in [0.5, 0.6) is 0 Å². The maximum atomic E-state index is 4.67. The fourth-order valence-electron chi connectivity index (χ4n) is 1.62. The Morgan fingerprint density at radius 2 is 2.00 bits per heavy atom. The van der Waals surface area contributed by atoms with Crippen molar-refractivity contribution in [2.24, 2.45) is 0 Å². The van der Waals surface area contributed by atoms with Crippen molar-refractivity contribution in [3.8, 4) is 0 Å². The molecular weight excluding hydrogens is 256 g/mol. The molecule has 2 aromatic heterocycles. The highest BCUT2D eigenvalue weighted by atomic mass is 32.1. The average molecular weight is 276 g/mol. The molecule has 0 saturated heterocycles. The molecule has 0 bridgehead atoms. The van der Waals surface area contributed by atoms with Crippen molar-refractivity contribution in [3.63, 3.8) is 0 Å². The number of nitrogens with zero attached hydrogens (tertiary/aromatic N) is 3. The molecule has 0 amide bonds. The number of nitrogens with one attached hydrogen (secondary N) is 1. The van der Waals surface area contributed by atoms with Crippen LogP contribution >= 0.6 is 11.3 Å². The Kier molecular flexibility index (Phi) is 4.14. The third kappa shape index (κ3) is 3.99. The first-order chi connectivity index (χ1) is 8.95. The Labute approximate surface area is 118 Å². The van der Waals surface area contributed by atoms with Crippen molar-refractivity contribution in [1.82, 2.24) is 15.0 Å². The number of hydrogen-bond donors (Lipinski definition) is 1. The number of aryl methyl sites for hydroxylation is 1. The molecule has 0 unspecified atom stereocenters. The molecule has 0 spiro atoms. The van der Waals surface area contributed by atoms with Gasteiger partial charge in [-0.1, -0.05) is 20.8 Å². The van der Waals surface area contributed by atoms with E-state index in [1.807, 2.05) is 6.92 Å². The topological polar surface area (TPSA) is 50.7 Å². The van der Waals surface area contributed by atoms with Gasteiger partial charge in [-0.2, -0.15) is 0 Å². The Hall–Kier alpha value is -1.49. The first-order valence-electron chi connectivity index (χ1n) is 6.42. The van der Waals surface area contributed by atoms with E-state index in [1.54, 1.807) is 23.7 Å². The van der Waals surface area contributed by atoms with E-state index in [0.717, 1.165) is 29.5 Å². The second-order valence-corrected chi connectivity index (χ2v) is 6.54. The van der Waals surface area contributed by atoms with Gasteiger partial charge < -0.3 is 5.32 Å². The smallest absolute Gasteiger partial charge is 0.144 e. The van der Waals surface area contributed by atoms with Gasteiger partial charge in [-0.25, -0.2) is 9.97 Å². The number of aromatic nitrogens is 3. The van der Waals surface area contributed by atoms with Gasteiger partial charge in [-0.3, -0.25) is 4.98 Å². The molecule has 19 heavy (non-hydrogen) atoms. The summed E-state index contributed by atoms with van der Waals surface area (Å²) in [4.78, 5) is 13.1. The van der Waals surface area contributed by atoms with Crippen LogP contribution in [0.1, 0.15) is 37.2 Å².